The third kappa shape index (κ3) is 2.34. The van der Waals surface area contributed by atoms with Gasteiger partial charge in [-0.25, -0.2) is 4.98 Å². The van der Waals surface area contributed by atoms with E-state index < -0.39 is 18.3 Å². The molecular formula is C14H18BNO3. The summed E-state index contributed by atoms with van der Waals surface area (Å²) in [5.41, 5.74) is 0.575. The fraction of sp³-hybridized carbons (Fsp3) is 0.500. The van der Waals surface area contributed by atoms with Crippen molar-refractivity contribution >= 4 is 12.6 Å². The Morgan fingerprint density at radius 2 is 1.84 bits per heavy atom. The molecule has 0 aliphatic carbocycles. The fourth-order valence-electron chi connectivity index (χ4n) is 1.86. The van der Waals surface area contributed by atoms with Gasteiger partial charge in [0.15, 0.2) is 0 Å². The summed E-state index contributed by atoms with van der Waals surface area (Å²) in [7, 11) is 1.04. The molecular weight excluding hydrogens is 241 g/mol. The Kier molecular flexibility index (Phi) is 3.33. The van der Waals surface area contributed by atoms with Crippen molar-refractivity contribution in [2.75, 3.05) is 7.11 Å². The summed E-state index contributed by atoms with van der Waals surface area (Å²) in [6.45, 7) is 7.99. The summed E-state index contributed by atoms with van der Waals surface area (Å²) in [5, 5.41) is 0. The van der Waals surface area contributed by atoms with Crippen molar-refractivity contribution in [2.45, 2.75) is 38.9 Å². The molecule has 0 spiro atoms. The molecule has 1 saturated heterocycles. The number of terminal acetylenes is 1. The summed E-state index contributed by atoms with van der Waals surface area (Å²) >= 11 is 0. The molecule has 19 heavy (non-hydrogen) atoms. The van der Waals surface area contributed by atoms with Gasteiger partial charge in [-0.05, 0) is 33.8 Å². The highest BCUT2D eigenvalue weighted by molar-refractivity contribution is 6.63. The van der Waals surface area contributed by atoms with Crippen LogP contribution in [0.5, 0.6) is 5.88 Å². The Labute approximate surface area is 114 Å². The van der Waals surface area contributed by atoms with E-state index in [1.165, 1.54) is 0 Å². The maximum absolute atomic E-state index is 5.98. The maximum atomic E-state index is 5.98. The first-order valence-corrected chi connectivity index (χ1v) is 6.17. The molecule has 1 aromatic rings. The summed E-state index contributed by atoms with van der Waals surface area (Å²) in [6, 6.07) is 1.81. The van der Waals surface area contributed by atoms with E-state index in [0.29, 0.717) is 11.4 Å². The van der Waals surface area contributed by atoms with Crippen LogP contribution in [-0.2, 0) is 9.31 Å². The molecule has 0 aromatic carbocycles. The van der Waals surface area contributed by atoms with Gasteiger partial charge in [0, 0.05) is 17.2 Å². The summed E-state index contributed by atoms with van der Waals surface area (Å²) in [5.74, 6) is 3.02. The lowest BCUT2D eigenvalue weighted by Crippen LogP contribution is -2.41. The number of hydrogen-bond acceptors (Lipinski definition) is 4. The van der Waals surface area contributed by atoms with E-state index in [4.69, 9.17) is 20.5 Å². The lowest BCUT2D eigenvalue weighted by molar-refractivity contribution is 0.00578. The third-order valence-corrected chi connectivity index (χ3v) is 3.75. The third-order valence-electron chi connectivity index (χ3n) is 3.75. The highest BCUT2D eigenvalue weighted by atomic mass is 16.7. The molecule has 0 bridgehead atoms. The minimum atomic E-state index is -0.527. The summed E-state index contributed by atoms with van der Waals surface area (Å²) in [6.07, 6.45) is 6.99. The van der Waals surface area contributed by atoms with Crippen molar-refractivity contribution in [3.05, 3.63) is 17.8 Å². The second kappa shape index (κ2) is 4.55. The van der Waals surface area contributed by atoms with Crippen LogP contribution in [0, 0.1) is 12.3 Å². The number of methoxy groups -OCH3 is 1. The second-order valence-corrected chi connectivity index (χ2v) is 5.56. The normalized spacial score (nSPS) is 20.1. The highest BCUT2D eigenvalue weighted by Crippen LogP contribution is 2.37. The predicted octanol–water partition coefficient (Wildman–Crippen LogP) is 1.37. The Morgan fingerprint density at radius 1 is 1.26 bits per heavy atom. The smallest absolute Gasteiger partial charge is 0.481 e. The SMILES string of the molecule is C#Cc1cnc(OC)c(B2OC(C)(C)C(C)(C)O2)c1. The first kappa shape index (κ1) is 13.9. The number of aromatic nitrogens is 1. The lowest BCUT2D eigenvalue weighted by Gasteiger charge is -2.32. The Balaban J connectivity index is 2.41. The number of hydrogen-bond donors (Lipinski definition) is 0. The number of rotatable bonds is 2. The van der Waals surface area contributed by atoms with E-state index in [0.717, 1.165) is 5.46 Å². The molecule has 1 fully saturated rings. The van der Waals surface area contributed by atoms with Crippen LogP contribution in [0.3, 0.4) is 0 Å². The van der Waals surface area contributed by atoms with Gasteiger partial charge in [0.25, 0.3) is 0 Å². The molecule has 0 N–H and O–H groups in total. The predicted molar refractivity (Wildman–Crippen MR) is 74.4 cm³/mol. The standard InChI is InChI=1S/C14H18BNO3/c1-7-10-8-11(12(17-6)16-9-10)15-18-13(2,3)14(4,5)19-15/h1,8-9H,2-6H3. The molecule has 0 amide bonds. The lowest BCUT2D eigenvalue weighted by atomic mass is 9.79. The molecule has 0 saturated carbocycles. The Hall–Kier alpha value is -1.51. The van der Waals surface area contributed by atoms with Gasteiger partial charge in [-0.2, -0.15) is 0 Å². The van der Waals surface area contributed by atoms with Crippen molar-refractivity contribution < 1.29 is 14.0 Å². The van der Waals surface area contributed by atoms with Gasteiger partial charge in [0.2, 0.25) is 5.88 Å². The fourth-order valence-corrected chi connectivity index (χ4v) is 1.86. The van der Waals surface area contributed by atoms with Crippen LogP contribution in [-0.4, -0.2) is 30.4 Å². The van der Waals surface area contributed by atoms with Crippen LogP contribution in [0.4, 0.5) is 0 Å². The minimum absolute atomic E-state index is 0.408. The van der Waals surface area contributed by atoms with E-state index in [9.17, 15) is 0 Å². The zero-order chi connectivity index (χ0) is 14.3. The molecule has 5 heteroatoms. The van der Waals surface area contributed by atoms with Crippen molar-refractivity contribution in [3.63, 3.8) is 0 Å². The Bertz CT molecular complexity index is 518. The van der Waals surface area contributed by atoms with Gasteiger partial charge >= 0.3 is 7.12 Å². The van der Waals surface area contributed by atoms with Crippen molar-refractivity contribution in [1.29, 1.82) is 0 Å². The number of ether oxygens (including phenoxy) is 1. The van der Waals surface area contributed by atoms with Crippen molar-refractivity contribution in [1.82, 2.24) is 4.98 Å². The zero-order valence-electron chi connectivity index (χ0n) is 12.0. The van der Waals surface area contributed by atoms with E-state index in [1.54, 1.807) is 13.3 Å². The van der Waals surface area contributed by atoms with Crippen LogP contribution in [0.1, 0.15) is 33.3 Å². The second-order valence-electron chi connectivity index (χ2n) is 5.56. The highest BCUT2D eigenvalue weighted by Gasteiger charge is 2.52. The Morgan fingerprint density at radius 3 is 2.32 bits per heavy atom. The van der Waals surface area contributed by atoms with E-state index in [-0.39, 0.29) is 0 Å². The average molecular weight is 259 g/mol. The molecule has 1 aliphatic rings. The van der Waals surface area contributed by atoms with Crippen molar-refractivity contribution in [3.8, 4) is 18.2 Å². The van der Waals surface area contributed by atoms with Gasteiger partial charge in [0.05, 0.1) is 18.3 Å². The first-order chi connectivity index (χ1) is 8.80. The van der Waals surface area contributed by atoms with E-state index in [1.807, 2.05) is 33.8 Å². The van der Waals surface area contributed by atoms with Crippen LogP contribution >= 0.6 is 0 Å². The molecule has 0 radical (unpaired) electrons. The molecule has 1 aromatic heterocycles. The summed E-state index contributed by atoms with van der Waals surface area (Å²) < 4.78 is 17.2. The molecule has 0 unspecified atom stereocenters. The van der Waals surface area contributed by atoms with Gasteiger partial charge in [-0.15, -0.1) is 6.42 Å². The van der Waals surface area contributed by atoms with Gasteiger partial charge in [-0.1, -0.05) is 5.92 Å². The summed E-state index contributed by atoms with van der Waals surface area (Å²) in [4.78, 5) is 4.18. The average Bonchev–Trinajstić information content (AvgIpc) is 2.57. The number of nitrogens with zero attached hydrogens (tertiary/aromatic N) is 1. The molecule has 1 aliphatic heterocycles. The first-order valence-electron chi connectivity index (χ1n) is 6.17. The molecule has 4 nitrogen and oxygen atoms in total. The van der Waals surface area contributed by atoms with Crippen LogP contribution < -0.4 is 10.2 Å². The van der Waals surface area contributed by atoms with Gasteiger partial charge in [-0.3, -0.25) is 0 Å². The van der Waals surface area contributed by atoms with Crippen LogP contribution in [0.15, 0.2) is 12.3 Å². The zero-order valence-corrected chi connectivity index (χ0v) is 12.0. The maximum Gasteiger partial charge on any atom is 0.500 e. The topological polar surface area (TPSA) is 40.6 Å². The van der Waals surface area contributed by atoms with Gasteiger partial charge < -0.3 is 14.0 Å². The molecule has 0 atom stereocenters. The number of pyridine rings is 1. The molecule has 2 rings (SSSR count). The van der Waals surface area contributed by atoms with E-state index >= 15 is 0 Å². The minimum Gasteiger partial charge on any atom is -0.481 e. The van der Waals surface area contributed by atoms with Crippen LogP contribution in [0.2, 0.25) is 0 Å². The largest absolute Gasteiger partial charge is 0.500 e. The molecule has 100 valence electrons. The van der Waals surface area contributed by atoms with E-state index in [2.05, 4.69) is 10.9 Å². The molecule has 2 heterocycles. The monoisotopic (exact) mass is 259 g/mol. The van der Waals surface area contributed by atoms with Crippen LogP contribution in [0.25, 0.3) is 0 Å². The van der Waals surface area contributed by atoms with Crippen molar-refractivity contribution in [2.24, 2.45) is 0 Å². The quantitative estimate of drug-likeness (QED) is 0.594. The van der Waals surface area contributed by atoms with Gasteiger partial charge in [0.1, 0.15) is 0 Å².